The Labute approximate surface area is 82.0 Å². The van der Waals surface area contributed by atoms with Crippen LogP contribution in [0.2, 0.25) is 0 Å². The lowest BCUT2D eigenvalue weighted by atomic mass is 10.3. The molecule has 0 saturated carbocycles. The zero-order chi connectivity index (χ0) is 9.97. The molecule has 0 aliphatic carbocycles. The van der Waals surface area contributed by atoms with Crippen LogP contribution in [-0.2, 0) is 0 Å². The monoisotopic (exact) mass is 189 g/mol. The second kappa shape index (κ2) is 3.46. The second-order valence-electron chi connectivity index (χ2n) is 3.04. The zero-order valence-corrected chi connectivity index (χ0v) is 7.82. The summed E-state index contributed by atoms with van der Waals surface area (Å²) in [4.78, 5) is 0. The Morgan fingerprint density at radius 1 is 1.21 bits per heavy atom. The lowest BCUT2D eigenvalue weighted by molar-refractivity contribution is 0.445. The van der Waals surface area contributed by atoms with Gasteiger partial charge in [0.2, 0.25) is 5.88 Å². The first-order valence-electron chi connectivity index (χ1n) is 4.37. The lowest BCUT2D eigenvalue weighted by Gasteiger charge is -2.00. The quantitative estimate of drug-likeness (QED) is 0.763. The van der Waals surface area contributed by atoms with Gasteiger partial charge in [0.15, 0.2) is 5.75 Å². The van der Waals surface area contributed by atoms with E-state index in [0.29, 0.717) is 11.6 Å². The van der Waals surface area contributed by atoms with E-state index in [-0.39, 0.29) is 5.75 Å². The van der Waals surface area contributed by atoms with Gasteiger partial charge in [-0.3, -0.25) is 0 Å². The van der Waals surface area contributed by atoms with Crippen molar-refractivity contribution in [3.8, 4) is 5.75 Å². The Morgan fingerprint density at radius 3 is 2.50 bits per heavy atom. The molecule has 0 aliphatic rings. The smallest absolute Gasteiger partial charge is 0.201 e. The van der Waals surface area contributed by atoms with E-state index in [0.717, 1.165) is 5.69 Å². The molecule has 0 amide bonds. The number of nitrogens with one attached hydrogen (secondary N) is 1. The predicted molar refractivity (Wildman–Crippen MR) is 54.8 cm³/mol. The van der Waals surface area contributed by atoms with Gasteiger partial charge in [-0.15, -0.1) is 0 Å². The summed E-state index contributed by atoms with van der Waals surface area (Å²) >= 11 is 0. The van der Waals surface area contributed by atoms with Crippen LogP contribution in [0.25, 0.3) is 0 Å². The molecule has 3 heteroatoms. The summed E-state index contributed by atoms with van der Waals surface area (Å²) in [6, 6.07) is 11.2. The number of para-hydroxylation sites is 1. The third-order valence-electron chi connectivity index (χ3n) is 1.93. The molecule has 0 aliphatic heterocycles. The second-order valence-corrected chi connectivity index (χ2v) is 3.04. The number of benzene rings is 1. The van der Waals surface area contributed by atoms with Gasteiger partial charge in [-0.05, 0) is 19.1 Å². The van der Waals surface area contributed by atoms with Crippen LogP contribution in [0.3, 0.4) is 0 Å². The van der Waals surface area contributed by atoms with Crippen LogP contribution in [0.4, 0.5) is 11.6 Å². The molecule has 72 valence electrons. The first kappa shape index (κ1) is 8.69. The molecule has 2 N–H and O–H groups in total. The molecular formula is C11H11NO2. The third-order valence-corrected chi connectivity index (χ3v) is 1.93. The van der Waals surface area contributed by atoms with Gasteiger partial charge in [-0.2, -0.15) is 0 Å². The van der Waals surface area contributed by atoms with Crippen molar-refractivity contribution < 1.29 is 9.52 Å². The molecule has 1 aromatic carbocycles. The normalized spacial score (nSPS) is 10.1. The number of anilines is 2. The topological polar surface area (TPSA) is 45.4 Å². The van der Waals surface area contributed by atoms with Crippen molar-refractivity contribution in [2.24, 2.45) is 0 Å². The van der Waals surface area contributed by atoms with Crippen LogP contribution in [0.5, 0.6) is 5.75 Å². The highest BCUT2D eigenvalue weighted by Gasteiger charge is 2.04. The van der Waals surface area contributed by atoms with Gasteiger partial charge >= 0.3 is 0 Å². The van der Waals surface area contributed by atoms with E-state index < -0.39 is 0 Å². The van der Waals surface area contributed by atoms with Gasteiger partial charge in [0.25, 0.3) is 0 Å². The average Bonchev–Trinajstić information content (AvgIpc) is 2.47. The first-order valence-corrected chi connectivity index (χ1v) is 4.37. The van der Waals surface area contributed by atoms with Crippen molar-refractivity contribution in [2.75, 3.05) is 5.32 Å². The van der Waals surface area contributed by atoms with E-state index in [9.17, 15) is 5.11 Å². The summed E-state index contributed by atoms with van der Waals surface area (Å²) in [6.45, 7) is 1.71. The predicted octanol–water partition coefficient (Wildman–Crippen LogP) is 3.04. The standard InChI is InChI=1S/C11H11NO2/c1-8-10(13)7-11(14-8)12-9-5-3-2-4-6-9/h2-7,12-13H,1H3. The number of aromatic hydroxyl groups is 1. The highest BCUT2D eigenvalue weighted by atomic mass is 16.4. The summed E-state index contributed by atoms with van der Waals surface area (Å²) in [5, 5.41) is 12.3. The molecule has 0 atom stereocenters. The van der Waals surface area contributed by atoms with E-state index in [2.05, 4.69) is 5.32 Å². The Balaban J connectivity index is 2.19. The van der Waals surface area contributed by atoms with Gasteiger partial charge in [-0.25, -0.2) is 0 Å². The molecule has 0 fully saturated rings. The van der Waals surface area contributed by atoms with Crippen molar-refractivity contribution in [3.63, 3.8) is 0 Å². The fraction of sp³-hybridized carbons (Fsp3) is 0.0909. The Kier molecular flexibility index (Phi) is 2.14. The van der Waals surface area contributed by atoms with Crippen molar-refractivity contribution in [1.29, 1.82) is 0 Å². The molecule has 3 nitrogen and oxygen atoms in total. The van der Waals surface area contributed by atoms with Crippen molar-refractivity contribution in [3.05, 3.63) is 42.2 Å². The van der Waals surface area contributed by atoms with Crippen LogP contribution in [-0.4, -0.2) is 5.11 Å². The van der Waals surface area contributed by atoms with Crippen molar-refractivity contribution in [2.45, 2.75) is 6.92 Å². The maximum Gasteiger partial charge on any atom is 0.201 e. The maximum atomic E-state index is 9.28. The lowest BCUT2D eigenvalue weighted by Crippen LogP contribution is -1.86. The van der Waals surface area contributed by atoms with Gasteiger partial charge in [-0.1, -0.05) is 18.2 Å². The van der Waals surface area contributed by atoms with Gasteiger partial charge in [0.05, 0.1) is 0 Å². The number of furan rings is 1. The summed E-state index contributed by atoms with van der Waals surface area (Å²) in [7, 11) is 0. The summed E-state index contributed by atoms with van der Waals surface area (Å²) in [5.74, 6) is 1.23. The van der Waals surface area contributed by atoms with Crippen LogP contribution in [0.15, 0.2) is 40.8 Å². The molecule has 0 spiro atoms. The van der Waals surface area contributed by atoms with Crippen LogP contribution in [0.1, 0.15) is 5.76 Å². The van der Waals surface area contributed by atoms with Crippen LogP contribution in [0, 0.1) is 6.92 Å². The van der Waals surface area contributed by atoms with Crippen LogP contribution < -0.4 is 5.32 Å². The van der Waals surface area contributed by atoms with Gasteiger partial charge in [0.1, 0.15) is 5.76 Å². The largest absolute Gasteiger partial charge is 0.504 e. The fourth-order valence-electron chi connectivity index (χ4n) is 1.20. The molecule has 1 aromatic heterocycles. The molecule has 0 saturated heterocycles. The SMILES string of the molecule is Cc1oc(Nc2ccccc2)cc1O. The molecule has 2 rings (SSSR count). The zero-order valence-electron chi connectivity index (χ0n) is 7.82. The van der Waals surface area contributed by atoms with E-state index in [4.69, 9.17) is 4.42 Å². The van der Waals surface area contributed by atoms with Crippen LogP contribution >= 0.6 is 0 Å². The number of hydrogen-bond acceptors (Lipinski definition) is 3. The third kappa shape index (κ3) is 1.71. The number of hydrogen-bond donors (Lipinski definition) is 2. The highest BCUT2D eigenvalue weighted by Crippen LogP contribution is 2.26. The first-order chi connectivity index (χ1) is 6.75. The van der Waals surface area contributed by atoms with E-state index in [1.807, 2.05) is 30.3 Å². The molecule has 1 heterocycles. The van der Waals surface area contributed by atoms with Crippen molar-refractivity contribution >= 4 is 11.6 Å². The van der Waals surface area contributed by atoms with Gasteiger partial charge in [0, 0.05) is 11.8 Å². The average molecular weight is 189 g/mol. The number of aryl methyl sites for hydroxylation is 1. The van der Waals surface area contributed by atoms with Crippen molar-refractivity contribution in [1.82, 2.24) is 0 Å². The molecule has 0 radical (unpaired) electrons. The van der Waals surface area contributed by atoms with Gasteiger partial charge < -0.3 is 14.8 Å². The Hall–Kier alpha value is -1.90. The van der Waals surface area contributed by atoms with E-state index >= 15 is 0 Å². The molecule has 0 unspecified atom stereocenters. The molecule has 14 heavy (non-hydrogen) atoms. The summed E-state index contributed by atoms with van der Waals surface area (Å²) in [6.07, 6.45) is 0. The minimum atomic E-state index is 0.170. The minimum Gasteiger partial charge on any atom is -0.504 e. The fourth-order valence-corrected chi connectivity index (χ4v) is 1.20. The van der Waals surface area contributed by atoms with E-state index in [1.165, 1.54) is 0 Å². The van der Waals surface area contributed by atoms with E-state index in [1.54, 1.807) is 13.0 Å². The maximum absolute atomic E-state index is 9.28. The molecule has 0 bridgehead atoms. The number of rotatable bonds is 2. The molecular weight excluding hydrogens is 178 g/mol. The Bertz CT molecular complexity index is 401. The molecule has 2 aromatic rings. The minimum absolute atomic E-state index is 0.170. The highest BCUT2D eigenvalue weighted by molar-refractivity contribution is 5.56. The summed E-state index contributed by atoms with van der Waals surface area (Å²) < 4.78 is 5.26. The summed E-state index contributed by atoms with van der Waals surface area (Å²) in [5.41, 5.74) is 0.932. The Morgan fingerprint density at radius 2 is 1.93 bits per heavy atom.